The van der Waals surface area contributed by atoms with E-state index in [1.54, 1.807) is 18.2 Å². The molecule has 0 aliphatic heterocycles. The standard InChI is InChI=1S/C13H11BrClNO/c1-8-2-4-10(15)13(6-8)17-12-5-3-9(14)7-11(12)16/h2-7H,16H2,1H3. The molecule has 2 nitrogen and oxygen atoms in total. The van der Waals surface area contributed by atoms with Crippen LogP contribution >= 0.6 is 27.5 Å². The monoisotopic (exact) mass is 311 g/mol. The van der Waals surface area contributed by atoms with Gasteiger partial charge in [0, 0.05) is 4.47 Å². The Kier molecular flexibility index (Phi) is 3.60. The molecule has 0 aliphatic carbocycles. The van der Waals surface area contributed by atoms with E-state index in [1.807, 2.05) is 25.1 Å². The van der Waals surface area contributed by atoms with E-state index in [-0.39, 0.29) is 0 Å². The zero-order valence-corrected chi connectivity index (χ0v) is 11.5. The maximum atomic E-state index is 6.05. The van der Waals surface area contributed by atoms with Crippen LogP contribution < -0.4 is 10.5 Å². The average Bonchev–Trinajstić information content (AvgIpc) is 2.27. The Labute approximate surface area is 113 Å². The minimum absolute atomic E-state index is 0.567. The highest BCUT2D eigenvalue weighted by Crippen LogP contribution is 2.34. The molecule has 0 aliphatic rings. The number of aryl methyl sites for hydroxylation is 1. The fourth-order valence-corrected chi connectivity index (χ4v) is 1.95. The van der Waals surface area contributed by atoms with Gasteiger partial charge in [0.2, 0.25) is 0 Å². The number of halogens is 2. The fourth-order valence-electron chi connectivity index (χ4n) is 1.42. The summed E-state index contributed by atoms with van der Waals surface area (Å²) in [6.07, 6.45) is 0. The van der Waals surface area contributed by atoms with E-state index in [1.165, 1.54) is 0 Å². The second-order valence-corrected chi connectivity index (χ2v) is 5.04. The van der Waals surface area contributed by atoms with Gasteiger partial charge >= 0.3 is 0 Å². The van der Waals surface area contributed by atoms with Gasteiger partial charge in [0.15, 0.2) is 0 Å². The minimum Gasteiger partial charge on any atom is -0.454 e. The molecule has 0 fully saturated rings. The van der Waals surface area contributed by atoms with Gasteiger partial charge in [-0.25, -0.2) is 0 Å². The number of nitrogens with two attached hydrogens (primary N) is 1. The SMILES string of the molecule is Cc1ccc(Cl)c(Oc2ccc(Br)cc2N)c1. The normalized spacial score (nSPS) is 10.3. The number of anilines is 1. The van der Waals surface area contributed by atoms with Crippen LogP contribution in [-0.4, -0.2) is 0 Å². The first-order chi connectivity index (χ1) is 8.06. The predicted molar refractivity (Wildman–Crippen MR) is 74.8 cm³/mol. The highest BCUT2D eigenvalue weighted by atomic mass is 79.9. The van der Waals surface area contributed by atoms with Crippen LogP contribution in [0, 0.1) is 6.92 Å². The highest BCUT2D eigenvalue weighted by molar-refractivity contribution is 9.10. The number of hydrogen-bond acceptors (Lipinski definition) is 2. The second kappa shape index (κ2) is 4.98. The molecule has 2 N–H and O–H groups in total. The van der Waals surface area contributed by atoms with Crippen molar-refractivity contribution >= 4 is 33.2 Å². The van der Waals surface area contributed by atoms with E-state index in [2.05, 4.69) is 15.9 Å². The minimum atomic E-state index is 0.567. The first-order valence-electron chi connectivity index (χ1n) is 5.05. The van der Waals surface area contributed by atoms with Crippen LogP contribution in [-0.2, 0) is 0 Å². The quantitative estimate of drug-likeness (QED) is 0.810. The molecule has 0 saturated carbocycles. The molecule has 0 atom stereocenters. The van der Waals surface area contributed by atoms with Crippen molar-refractivity contribution in [3.05, 3.63) is 51.5 Å². The molecule has 88 valence electrons. The molecule has 0 radical (unpaired) electrons. The first kappa shape index (κ1) is 12.3. The van der Waals surface area contributed by atoms with Gasteiger partial charge in [-0.3, -0.25) is 0 Å². The van der Waals surface area contributed by atoms with E-state index >= 15 is 0 Å². The van der Waals surface area contributed by atoms with Crippen LogP contribution in [0.1, 0.15) is 5.56 Å². The van der Waals surface area contributed by atoms with E-state index in [4.69, 9.17) is 22.1 Å². The van der Waals surface area contributed by atoms with Crippen molar-refractivity contribution in [3.63, 3.8) is 0 Å². The summed E-state index contributed by atoms with van der Waals surface area (Å²) in [7, 11) is 0. The van der Waals surface area contributed by atoms with Gasteiger partial charge < -0.3 is 10.5 Å². The number of nitrogen functional groups attached to an aromatic ring is 1. The molecule has 0 spiro atoms. The Morgan fingerprint density at radius 3 is 2.59 bits per heavy atom. The van der Waals surface area contributed by atoms with Crippen LogP contribution in [0.5, 0.6) is 11.5 Å². The third-order valence-electron chi connectivity index (χ3n) is 2.28. The van der Waals surface area contributed by atoms with Crippen LogP contribution in [0.2, 0.25) is 5.02 Å². The summed E-state index contributed by atoms with van der Waals surface area (Å²) >= 11 is 9.40. The first-order valence-corrected chi connectivity index (χ1v) is 6.22. The predicted octanol–water partition coefficient (Wildman–Crippen LogP) is 4.79. The van der Waals surface area contributed by atoms with Crippen molar-refractivity contribution in [3.8, 4) is 11.5 Å². The molecule has 2 rings (SSSR count). The van der Waals surface area contributed by atoms with Crippen LogP contribution in [0.4, 0.5) is 5.69 Å². The summed E-state index contributed by atoms with van der Waals surface area (Å²) in [5.41, 5.74) is 7.51. The van der Waals surface area contributed by atoms with Crippen LogP contribution in [0.15, 0.2) is 40.9 Å². The van der Waals surface area contributed by atoms with Crippen molar-refractivity contribution in [2.45, 2.75) is 6.92 Å². The zero-order chi connectivity index (χ0) is 12.4. The summed E-state index contributed by atoms with van der Waals surface area (Å²) in [4.78, 5) is 0. The van der Waals surface area contributed by atoms with Crippen molar-refractivity contribution in [1.29, 1.82) is 0 Å². The summed E-state index contributed by atoms with van der Waals surface area (Å²) in [6.45, 7) is 1.98. The number of benzene rings is 2. The molecule has 4 heteroatoms. The Balaban J connectivity index is 2.34. The van der Waals surface area contributed by atoms with Crippen molar-refractivity contribution in [1.82, 2.24) is 0 Å². The van der Waals surface area contributed by atoms with E-state index in [9.17, 15) is 0 Å². The maximum Gasteiger partial charge on any atom is 0.150 e. The topological polar surface area (TPSA) is 35.2 Å². The molecule has 2 aromatic carbocycles. The Bertz CT molecular complexity index is 557. The van der Waals surface area contributed by atoms with Gasteiger partial charge in [-0.1, -0.05) is 33.6 Å². The zero-order valence-electron chi connectivity index (χ0n) is 9.21. The molecule has 0 amide bonds. The molecule has 17 heavy (non-hydrogen) atoms. The average molecular weight is 313 g/mol. The fraction of sp³-hybridized carbons (Fsp3) is 0.0769. The molecule has 0 aromatic heterocycles. The largest absolute Gasteiger partial charge is 0.454 e. The summed E-state index contributed by atoms with van der Waals surface area (Å²) < 4.78 is 6.61. The molecular weight excluding hydrogens is 302 g/mol. The number of hydrogen-bond donors (Lipinski definition) is 1. The van der Waals surface area contributed by atoms with Gasteiger partial charge in [0.1, 0.15) is 11.5 Å². The second-order valence-electron chi connectivity index (χ2n) is 3.72. The smallest absolute Gasteiger partial charge is 0.150 e. The van der Waals surface area contributed by atoms with Gasteiger partial charge in [0.25, 0.3) is 0 Å². The van der Waals surface area contributed by atoms with Crippen molar-refractivity contribution in [2.75, 3.05) is 5.73 Å². The molecule has 2 aromatic rings. The van der Waals surface area contributed by atoms with E-state index in [0.29, 0.717) is 22.2 Å². The van der Waals surface area contributed by atoms with Gasteiger partial charge in [-0.05, 0) is 42.8 Å². The van der Waals surface area contributed by atoms with Crippen molar-refractivity contribution in [2.24, 2.45) is 0 Å². The van der Waals surface area contributed by atoms with Gasteiger partial charge in [-0.15, -0.1) is 0 Å². The van der Waals surface area contributed by atoms with Gasteiger partial charge in [-0.2, -0.15) is 0 Å². The third kappa shape index (κ3) is 2.93. The lowest BCUT2D eigenvalue weighted by Crippen LogP contribution is -1.92. The van der Waals surface area contributed by atoms with E-state index in [0.717, 1.165) is 10.0 Å². The molecule has 0 bridgehead atoms. The number of ether oxygens (including phenoxy) is 1. The molecule has 0 heterocycles. The van der Waals surface area contributed by atoms with Gasteiger partial charge in [0.05, 0.1) is 10.7 Å². The third-order valence-corrected chi connectivity index (χ3v) is 3.08. The molecular formula is C13H11BrClNO. The van der Waals surface area contributed by atoms with Crippen molar-refractivity contribution < 1.29 is 4.74 Å². The summed E-state index contributed by atoms with van der Waals surface area (Å²) in [6, 6.07) is 11.1. The Hall–Kier alpha value is -1.19. The molecule has 0 saturated heterocycles. The van der Waals surface area contributed by atoms with E-state index < -0.39 is 0 Å². The lowest BCUT2D eigenvalue weighted by molar-refractivity contribution is 0.485. The summed E-state index contributed by atoms with van der Waals surface area (Å²) in [5.74, 6) is 1.21. The van der Waals surface area contributed by atoms with Crippen LogP contribution in [0.25, 0.3) is 0 Å². The maximum absolute atomic E-state index is 6.05. The Morgan fingerprint density at radius 1 is 1.12 bits per heavy atom. The summed E-state index contributed by atoms with van der Waals surface area (Å²) in [5, 5.41) is 0.568. The Morgan fingerprint density at radius 2 is 1.88 bits per heavy atom. The highest BCUT2D eigenvalue weighted by Gasteiger charge is 2.06. The lowest BCUT2D eigenvalue weighted by Gasteiger charge is -2.10. The lowest BCUT2D eigenvalue weighted by atomic mass is 10.2. The molecule has 0 unspecified atom stereocenters. The number of rotatable bonds is 2. The van der Waals surface area contributed by atoms with Crippen LogP contribution in [0.3, 0.4) is 0 Å².